The minimum Gasteiger partial charge on any atom is -0.511 e. The van der Waals surface area contributed by atoms with Crippen molar-refractivity contribution in [2.75, 3.05) is 0 Å². The van der Waals surface area contributed by atoms with Gasteiger partial charge in [0.1, 0.15) is 5.76 Å². The number of nitrogens with zero attached hydrogens (tertiary/aromatic N) is 3. The fourth-order valence-electron chi connectivity index (χ4n) is 6.81. The lowest BCUT2D eigenvalue weighted by atomic mass is 9.89. The van der Waals surface area contributed by atoms with Crippen molar-refractivity contribution in [3.05, 3.63) is 91.5 Å². The number of aliphatic imine (C=N–C) groups is 3. The number of allylic oxidation sites excluding steroid dienone is 12. The van der Waals surface area contributed by atoms with E-state index in [4.69, 9.17) is 15.0 Å². The summed E-state index contributed by atoms with van der Waals surface area (Å²) in [5.41, 5.74) is 13.9. The fraction of sp³-hybridized carbons (Fsp3) is 0.394. The van der Waals surface area contributed by atoms with Gasteiger partial charge < -0.3 is 10.4 Å². The molecule has 6 heteroatoms. The molecule has 0 unspecified atom stereocenters. The largest absolute Gasteiger partial charge is 0.511 e. The molecule has 1 fully saturated rings. The van der Waals surface area contributed by atoms with Crippen molar-refractivity contribution in [3.63, 3.8) is 0 Å². The Balaban J connectivity index is 1.65. The summed E-state index contributed by atoms with van der Waals surface area (Å²) in [6, 6.07) is 0. The second kappa shape index (κ2) is 9.15. The summed E-state index contributed by atoms with van der Waals surface area (Å²) in [5, 5.41) is 14.8. The van der Waals surface area contributed by atoms with Crippen LogP contribution in [0.3, 0.4) is 0 Å². The van der Waals surface area contributed by atoms with E-state index in [1.807, 2.05) is 13.0 Å². The topological polar surface area (TPSA) is 86.4 Å². The van der Waals surface area contributed by atoms with Gasteiger partial charge in [0.2, 0.25) is 0 Å². The van der Waals surface area contributed by atoms with Crippen LogP contribution in [0.25, 0.3) is 0 Å². The molecule has 0 aromatic rings. The third-order valence-electron chi connectivity index (χ3n) is 8.98. The Morgan fingerprint density at radius 2 is 1.77 bits per heavy atom. The number of aliphatic hydroxyl groups excluding tert-OH is 1. The molecule has 200 valence electrons. The molecule has 2 atom stereocenters. The maximum Gasteiger partial charge on any atom is 0.162 e. The van der Waals surface area contributed by atoms with Crippen LogP contribution in [0.2, 0.25) is 0 Å². The van der Waals surface area contributed by atoms with Crippen LogP contribution in [0, 0.1) is 11.8 Å². The first-order valence-corrected chi connectivity index (χ1v) is 14.1. The molecular formula is C33H36N4O2. The number of carbonyl (C=O) groups is 1. The summed E-state index contributed by atoms with van der Waals surface area (Å²) in [7, 11) is 0. The Morgan fingerprint density at radius 3 is 2.46 bits per heavy atom. The van der Waals surface area contributed by atoms with Crippen LogP contribution in [0.5, 0.6) is 0 Å². The number of aliphatic hydroxyl groups is 1. The Bertz CT molecular complexity index is 1610. The van der Waals surface area contributed by atoms with Crippen molar-refractivity contribution in [1.29, 1.82) is 0 Å². The average Bonchev–Trinajstić information content (AvgIpc) is 3.63. The molecule has 5 aliphatic heterocycles. The highest BCUT2D eigenvalue weighted by atomic mass is 16.3. The summed E-state index contributed by atoms with van der Waals surface area (Å²) >= 11 is 0. The van der Waals surface area contributed by atoms with E-state index in [9.17, 15) is 9.90 Å². The quantitative estimate of drug-likeness (QED) is 0.417. The number of hydrogen-bond acceptors (Lipinski definition) is 6. The molecule has 0 spiro atoms. The van der Waals surface area contributed by atoms with Crippen LogP contribution >= 0.6 is 0 Å². The van der Waals surface area contributed by atoms with E-state index in [2.05, 4.69) is 52.1 Å². The Labute approximate surface area is 230 Å². The number of carbonyl (C=O) groups excluding carboxylic acids is 1. The molecule has 0 radical (unpaired) electrons. The van der Waals surface area contributed by atoms with Crippen LogP contribution in [0.1, 0.15) is 74.1 Å². The maximum absolute atomic E-state index is 12.8. The molecule has 6 rings (SSSR count). The van der Waals surface area contributed by atoms with E-state index in [1.54, 1.807) is 6.92 Å². The van der Waals surface area contributed by atoms with Gasteiger partial charge >= 0.3 is 0 Å². The minimum absolute atomic E-state index is 0.0151. The summed E-state index contributed by atoms with van der Waals surface area (Å²) in [5.74, 6) is 0.915. The standard InChI is InChI=1S/C33H36N4O2/c1-8-10-21-16(4)24-12-25-17(5)30(19(7)38)28(35-25)14-23-15(3)20(9-2)27(34-23)13-26-18(6)31-29(39)11-22(32(21)36-24)33(31)37-26/h12-15,20,34,39H,8-11H2,1-7H3/t15-,20-/m1/s1. The molecule has 6 nitrogen and oxygen atoms in total. The fourth-order valence-corrected chi connectivity index (χ4v) is 6.81. The number of hydrogen-bond donors (Lipinski definition) is 2. The zero-order chi connectivity index (χ0) is 27.7. The number of Topliss-reactive ketones (excluding diaryl/α,β-unsaturated/α-hetero) is 1. The monoisotopic (exact) mass is 520 g/mol. The first kappa shape index (κ1) is 25.5. The van der Waals surface area contributed by atoms with Crippen molar-refractivity contribution >= 4 is 22.9 Å². The first-order valence-electron chi connectivity index (χ1n) is 14.1. The van der Waals surface area contributed by atoms with Crippen molar-refractivity contribution in [2.24, 2.45) is 26.8 Å². The smallest absolute Gasteiger partial charge is 0.162 e. The molecule has 5 heterocycles. The average molecular weight is 521 g/mol. The molecule has 39 heavy (non-hydrogen) atoms. The van der Waals surface area contributed by atoms with Gasteiger partial charge in [-0.3, -0.25) is 4.79 Å². The zero-order valence-electron chi connectivity index (χ0n) is 23.9. The lowest BCUT2D eigenvalue weighted by Gasteiger charge is -2.13. The van der Waals surface area contributed by atoms with E-state index in [0.29, 0.717) is 29.4 Å². The summed E-state index contributed by atoms with van der Waals surface area (Å²) in [6.07, 6.45) is 9.51. The van der Waals surface area contributed by atoms with Crippen molar-refractivity contribution in [1.82, 2.24) is 5.32 Å². The number of rotatable bonds is 4. The van der Waals surface area contributed by atoms with Gasteiger partial charge in [0.15, 0.2) is 5.78 Å². The second-order valence-corrected chi connectivity index (χ2v) is 11.4. The number of ketones is 1. The molecule has 2 N–H and O–H groups in total. The minimum atomic E-state index is 0.0151. The first-order chi connectivity index (χ1) is 18.6. The number of nitrogens with one attached hydrogen (secondary N) is 1. The van der Waals surface area contributed by atoms with Gasteiger partial charge in [-0.25, -0.2) is 15.0 Å². The predicted molar refractivity (Wildman–Crippen MR) is 158 cm³/mol. The molecular weight excluding hydrogens is 484 g/mol. The number of fused-ring (bicyclic) bond motifs is 5. The van der Waals surface area contributed by atoms with Gasteiger partial charge in [-0.05, 0) is 81.1 Å². The molecule has 1 aliphatic carbocycles. The van der Waals surface area contributed by atoms with Gasteiger partial charge in [0.25, 0.3) is 0 Å². The van der Waals surface area contributed by atoms with Crippen LogP contribution in [0.4, 0.5) is 0 Å². The second-order valence-electron chi connectivity index (χ2n) is 11.4. The van der Waals surface area contributed by atoms with E-state index in [0.717, 1.165) is 87.0 Å². The molecule has 6 aliphatic rings. The predicted octanol–water partition coefficient (Wildman–Crippen LogP) is 7.05. The summed E-state index contributed by atoms with van der Waals surface area (Å²) in [4.78, 5) is 28.1. The Morgan fingerprint density at radius 1 is 1.00 bits per heavy atom. The molecule has 0 amide bonds. The SMILES string of the molecule is CCCC1=C(C)C2=NC1=C1CC(O)=C3C1=NC(=C3C)C=C1NC(=CC3=NC(=C2)C(C)=C3C(C)=O)[C@H](C)[C@H]1CC. The third kappa shape index (κ3) is 3.75. The van der Waals surface area contributed by atoms with E-state index >= 15 is 0 Å². The van der Waals surface area contributed by atoms with E-state index in [-0.39, 0.29) is 11.7 Å². The van der Waals surface area contributed by atoms with Gasteiger partial charge in [-0.2, -0.15) is 0 Å². The molecule has 0 saturated carbocycles. The van der Waals surface area contributed by atoms with Crippen LogP contribution in [-0.2, 0) is 4.79 Å². The Kier molecular flexibility index (Phi) is 5.97. The zero-order valence-corrected chi connectivity index (χ0v) is 23.9. The van der Waals surface area contributed by atoms with Gasteiger partial charge in [0, 0.05) is 46.4 Å². The highest BCUT2D eigenvalue weighted by molar-refractivity contribution is 6.29. The van der Waals surface area contributed by atoms with Crippen molar-refractivity contribution in [3.8, 4) is 0 Å². The molecule has 1 saturated heterocycles. The van der Waals surface area contributed by atoms with E-state index in [1.165, 1.54) is 5.57 Å². The lowest BCUT2D eigenvalue weighted by molar-refractivity contribution is -0.113. The van der Waals surface area contributed by atoms with Gasteiger partial charge in [-0.1, -0.05) is 27.2 Å². The van der Waals surface area contributed by atoms with Crippen molar-refractivity contribution in [2.45, 2.75) is 74.1 Å². The summed E-state index contributed by atoms with van der Waals surface area (Å²) in [6.45, 7) is 14.4. The highest BCUT2D eigenvalue weighted by Crippen LogP contribution is 2.45. The maximum atomic E-state index is 12.8. The van der Waals surface area contributed by atoms with E-state index < -0.39 is 0 Å². The van der Waals surface area contributed by atoms with Crippen LogP contribution in [0.15, 0.2) is 106 Å². The third-order valence-corrected chi connectivity index (χ3v) is 8.98. The highest BCUT2D eigenvalue weighted by Gasteiger charge is 2.38. The molecule has 0 aromatic carbocycles. The lowest BCUT2D eigenvalue weighted by Crippen LogP contribution is -2.12. The van der Waals surface area contributed by atoms with Gasteiger partial charge in [0.05, 0.1) is 34.2 Å². The normalized spacial score (nSPS) is 25.8. The Hall–Kier alpha value is -3.80. The van der Waals surface area contributed by atoms with Crippen LogP contribution < -0.4 is 5.32 Å². The molecule has 0 aromatic heterocycles. The van der Waals surface area contributed by atoms with Crippen molar-refractivity contribution < 1.29 is 9.90 Å². The molecule has 8 bridgehead atoms. The van der Waals surface area contributed by atoms with Crippen LogP contribution in [-0.4, -0.2) is 28.0 Å². The van der Waals surface area contributed by atoms with Gasteiger partial charge in [-0.15, -0.1) is 0 Å². The summed E-state index contributed by atoms with van der Waals surface area (Å²) < 4.78 is 0.